The van der Waals surface area contributed by atoms with Crippen LogP contribution >= 0.6 is 11.6 Å². The highest BCUT2D eigenvalue weighted by molar-refractivity contribution is 6.34. The van der Waals surface area contributed by atoms with Crippen LogP contribution in [0.2, 0.25) is 5.02 Å². The van der Waals surface area contributed by atoms with Gasteiger partial charge in [0.2, 0.25) is 17.7 Å². The van der Waals surface area contributed by atoms with Gasteiger partial charge in [-0.1, -0.05) is 48.0 Å². The van der Waals surface area contributed by atoms with E-state index in [0.29, 0.717) is 0 Å². The third-order valence-electron chi connectivity index (χ3n) is 6.83. The number of carbonyl (C=O) groups is 3. The van der Waals surface area contributed by atoms with E-state index in [0.717, 1.165) is 18.3 Å². The number of rotatable bonds is 8. The van der Waals surface area contributed by atoms with Crippen molar-refractivity contribution in [3.8, 4) is 0 Å². The van der Waals surface area contributed by atoms with Crippen LogP contribution in [0.15, 0.2) is 66.9 Å². The molecule has 15 heteroatoms. The van der Waals surface area contributed by atoms with Crippen LogP contribution < -0.4 is 21.3 Å². The van der Waals surface area contributed by atoms with Crippen LogP contribution in [-0.2, 0) is 20.6 Å². The minimum Gasteiger partial charge on any atom is -0.369 e. The van der Waals surface area contributed by atoms with Crippen LogP contribution in [0.3, 0.4) is 0 Å². The number of primary amides is 1. The number of nitrogens with zero attached hydrogens (tertiary/aromatic N) is 2. The first-order chi connectivity index (χ1) is 20.2. The van der Waals surface area contributed by atoms with Crippen molar-refractivity contribution in [2.75, 3.05) is 16.8 Å². The van der Waals surface area contributed by atoms with Crippen molar-refractivity contribution >= 4 is 46.5 Å². The number of halogens is 7. The standard InChI is InChI=1S/C28H24ClF6N5O3/c29-18-7-4-8-20-23(18)39-25(42)19(14-40(20)21-13-16(10-12-37-21)28(33,34)35)38-26(43)22(15-5-2-1-3-6-15)17(24(36)41)9-11-27(30,31)32/h1-8,10,12-13,17,19,22H,9,11,14H2,(H2,36,41)(H,38,43)(H,39,42)/t17-,19+,22+/m1/s1. The minimum absolute atomic E-state index is 0.0323. The van der Waals surface area contributed by atoms with Gasteiger partial charge in [-0.05, 0) is 36.2 Å². The quantitative estimate of drug-likeness (QED) is 0.283. The first kappa shape index (κ1) is 31.6. The summed E-state index contributed by atoms with van der Waals surface area (Å²) in [4.78, 5) is 44.7. The number of para-hydroxylation sites is 1. The van der Waals surface area contributed by atoms with E-state index >= 15 is 0 Å². The molecule has 0 bridgehead atoms. The highest BCUT2D eigenvalue weighted by atomic mass is 35.5. The van der Waals surface area contributed by atoms with E-state index in [4.69, 9.17) is 17.3 Å². The zero-order valence-corrected chi connectivity index (χ0v) is 22.8. The summed E-state index contributed by atoms with van der Waals surface area (Å²) in [5.74, 6) is -6.34. The molecule has 0 spiro atoms. The van der Waals surface area contributed by atoms with Crippen molar-refractivity contribution in [2.45, 2.75) is 37.2 Å². The molecule has 2 heterocycles. The van der Waals surface area contributed by atoms with Crippen molar-refractivity contribution in [2.24, 2.45) is 11.7 Å². The number of nitrogens with one attached hydrogen (secondary N) is 2. The lowest BCUT2D eigenvalue weighted by Gasteiger charge is -2.29. The van der Waals surface area contributed by atoms with Gasteiger partial charge in [0.15, 0.2) is 0 Å². The molecule has 228 valence electrons. The number of benzene rings is 2. The smallest absolute Gasteiger partial charge is 0.369 e. The molecule has 1 aliphatic heterocycles. The number of nitrogens with two attached hydrogens (primary N) is 1. The van der Waals surface area contributed by atoms with Crippen LogP contribution in [-0.4, -0.2) is 41.5 Å². The van der Waals surface area contributed by atoms with E-state index in [1.807, 2.05) is 0 Å². The summed E-state index contributed by atoms with van der Waals surface area (Å²) < 4.78 is 79.8. The number of aromatic nitrogens is 1. The average Bonchev–Trinajstić information content (AvgIpc) is 3.07. The SMILES string of the molecule is NC(=O)[C@H](CCC(F)(F)F)[C@@H](C(=O)N[C@H]1CN(c2cc(C(F)(F)F)ccn2)c2cccc(Cl)c2NC1=O)c1ccccc1. The largest absolute Gasteiger partial charge is 0.416 e. The number of hydrogen-bond donors (Lipinski definition) is 3. The molecule has 3 atom stereocenters. The molecule has 0 saturated heterocycles. The number of amides is 3. The highest BCUT2D eigenvalue weighted by Crippen LogP contribution is 2.40. The molecular formula is C28H24ClF6N5O3. The van der Waals surface area contributed by atoms with Gasteiger partial charge in [-0.2, -0.15) is 26.3 Å². The Morgan fingerprint density at radius 2 is 1.77 bits per heavy atom. The molecule has 4 N–H and O–H groups in total. The first-order valence-electron chi connectivity index (χ1n) is 12.8. The van der Waals surface area contributed by atoms with E-state index in [1.54, 1.807) is 6.07 Å². The maximum Gasteiger partial charge on any atom is 0.416 e. The predicted octanol–water partition coefficient (Wildman–Crippen LogP) is 5.56. The number of hydrogen-bond acceptors (Lipinski definition) is 5. The molecule has 0 unspecified atom stereocenters. The second-order valence-corrected chi connectivity index (χ2v) is 10.2. The van der Waals surface area contributed by atoms with E-state index in [2.05, 4.69) is 15.6 Å². The molecule has 1 aromatic heterocycles. The van der Waals surface area contributed by atoms with Crippen molar-refractivity contribution in [1.82, 2.24) is 10.3 Å². The van der Waals surface area contributed by atoms with Crippen LogP contribution in [0.5, 0.6) is 0 Å². The van der Waals surface area contributed by atoms with E-state index in [1.165, 1.54) is 47.4 Å². The number of anilines is 3. The summed E-state index contributed by atoms with van der Waals surface area (Å²) in [6.07, 6.45) is -10.6. The molecule has 43 heavy (non-hydrogen) atoms. The van der Waals surface area contributed by atoms with Gasteiger partial charge in [0.05, 0.1) is 40.3 Å². The molecule has 1 aliphatic rings. The van der Waals surface area contributed by atoms with Gasteiger partial charge < -0.3 is 21.3 Å². The third-order valence-corrected chi connectivity index (χ3v) is 7.14. The van der Waals surface area contributed by atoms with Gasteiger partial charge in [0.1, 0.15) is 11.9 Å². The molecule has 0 fully saturated rings. The number of alkyl halides is 6. The van der Waals surface area contributed by atoms with Crippen LogP contribution in [0.4, 0.5) is 43.5 Å². The number of carbonyl (C=O) groups excluding carboxylic acids is 3. The van der Waals surface area contributed by atoms with Crippen LogP contribution in [0, 0.1) is 5.92 Å². The molecule has 3 aromatic rings. The fraction of sp³-hybridized carbons (Fsp3) is 0.286. The van der Waals surface area contributed by atoms with Crippen LogP contribution in [0.1, 0.15) is 29.9 Å². The van der Waals surface area contributed by atoms with E-state index in [-0.39, 0.29) is 27.8 Å². The summed E-state index contributed by atoms with van der Waals surface area (Å²) in [5, 5.41) is 5.05. The van der Waals surface area contributed by atoms with Crippen molar-refractivity contribution in [3.05, 3.63) is 83.0 Å². The second kappa shape index (κ2) is 12.5. The lowest BCUT2D eigenvalue weighted by atomic mass is 9.81. The lowest BCUT2D eigenvalue weighted by molar-refractivity contribution is -0.143. The molecule has 0 saturated carbocycles. The Bertz CT molecular complexity index is 1500. The van der Waals surface area contributed by atoms with Gasteiger partial charge in [0.25, 0.3) is 0 Å². The van der Waals surface area contributed by atoms with Crippen LogP contribution in [0.25, 0.3) is 0 Å². The highest BCUT2D eigenvalue weighted by Gasteiger charge is 2.40. The summed E-state index contributed by atoms with van der Waals surface area (Å²) in [6, 6.07) is 11.9. The lowest BCUT2D eigenvalue weighted by Crippen LogP contribution is -2.51. The predicted molar refractivity (Wildman–Crippen MR) is 145 cm³/mol. The average molecular weight is 628 g/mol. The molecule has 8 nitrogen and oxygen atoms in total. The molecule has 4 rings (SSSR count). The van der Waals surface area contributed by atoms with E-state index in [9.17, 15) is 40.7 Å². The maximum absolute atomic E-state index is 13.7. The first-order valence-corrected chi connectivity index (χ1v) is 13.1. The molecule has 0 radical (unpaired) electrons. The van der Waals surface area contributed by atoms with E-state index < -0.39 is 72.9 Å². The van der Waals surface area contributed by atoms with Gasteiger partial charge in [-0.3, -0.25) is 14.4 Å². The Morgan fingerprint density at radius 1 is 1.07 bits per heavy atom. The summed E-state index contributed by atoms with van der Waals surface area (Å²) in [7, 11) is 0. The monoisotopic (exact) mass is 627 g/mol. The Morgan fingerprint density at radius 3 is 2.40 bits per heavy atom. The molecule has 2 aromatic carbocycles. The Labute approximate surface area is 246 Å². The topological polar surface area (TPSA) is 117 Å². The summed E-state index contributed by atoms with van der Waals surface area (Å²) in [6.45, 7) is -0.454. The van der Waals surface area contributed by atoms with Gasteiger partial charge in [-0.15, -0.1) is 0 Å². The third kappa shape index (κ3) is 7.55. The Balaban J connectivity index is 1.73. The van der Waals surface area contributed by atoms with Gasteiger partial charge >= 0.3 is 12.4 Å². The minimum atomic E-state index is -4.72. The maximum atomic E-state index is 13.7. The second-order valence-electron chi connectivity index (χ2n) is 9.75. The summed E-state index contributed by atoms with van der Waals surface area (Å²) >= 11 is 6.30. The van der Waals surface area contributed by atoms with Gasteiger partial charge in [-0.25, -0.2) is 4.98 Å². The van der Waals surface area contributed by atoms with Crippen molar-refractivity contribution in [1.29, 1.82) is 0 Å². The zero-order valence-electron chi connectivity index (χ0n) is 22.0. The van der Waals surface area contributed by atoms with Crippen molar-refractivity contribution < 1.29 is 40.7 Å². The summed E-state index contributed by atoms with van der Waals surface area (Å²) in [5.41, 5.74) is 4.81. The fourth-order valence-electron chi connectivity index (χ4n) is 4.79. The fourth-order valence-corrected chi connectivity index (χ4v) is 5.00. The molecule has 0 aliphatic carbocycles. The Hall–Kier alpha value is -4.33. The van der Waals surface area contributed by atoms with Gasteiger partial charge in [0, 0.05) is 12.6 Å². The Kier molecular flexibility index (Phi) is 9.18. The van der Waals surface area contributed by atoms with Crippen molar-refractivity contribution in [3.63, 3.8) is 0 Å². The molecule has 3 amide bonds. The zero-order chi connectivity index (χ0) is 31.5. The number of pyridine rings is 1. The normalized spacial score (nSPS) is 16.9. The number of fused-ring (bicyclic) bond motifs is 1. The molecular weight excluding hydrogens is 604 g/mol.